The van der Waals surface area contributed by atoms with Gasteiger partial charge in [-0.2, -0.15) is 10.4 Å². The Balaban J connectivity index is 1.61. The monoisotopic (exact) mass is 385 g/mol. The van der Waals surface area contributed by atoms with Crippen LogP contribution in [0.1, 0.15) is 22.3 Å². The van der Waals surface area contributed by atoms with Crippen LogP contribution in [-0.2, 0) is 6.54 Å². The number of allylic oxidation sites excluding steroid dienone is 1. The maximum absolute atomic E-state index is 12.7. The summed E-state index contributed by atoms with van der Waals surface area (Å²) in [6.45, 7) is 1.49. The highest BCUT2D eigenvalue weighted by atomic mass is 16.6. The number of hydrogen-bond acceptors (Lipinski definition) is 5. The molecule has 1 aliphatic rings. The Morgan fingerprint density at radius 1 is 1.14 bits per heavy atom. The predicted molar refractivity (Wildman–Crippen MR) is 109 cm³/mol. The average molecular weight is 385 g/mol. The van der Waals surface area contributed by atoms with E-state index in [4.69, 9.17) is 14.7 Å². The maximum atomic E-state index is 12.7. The summed E-state index contributed by atoms with van der Waals surface area (Å²) in [5.41, 5.74) is 3.08. The minimum atomic E-state index is -0.134. The Labute approximate surface area is 168 Å². The summed E-state index contributed by atoms with van der Waals surface area (Å²) in [6.07, 6.45) is 5.52. The van der Waals surface area contributed by atoms with Gasteiger partial charge < -0.3 is 9.47 Å². The summed E-state index contributed by atoms with van der Waals surface area (Å²) >= 11 is 0. The number of carbonyl (C=O) groups excluding carboxylic acids is 1. The third-order valence-electron chi connectivity index (χ3n) is 4.53. The van der Waals surface area contributed by atoms with Gasteiger partial charge in [-0.25, -0.2) is 0 Å². The molecule has 0 atom stereocenters. The first-order valence-electron chi connectivity index (χ1n) is 9.36. The SMILES string of the molecule is N#CCCn1cc(/C=C/C(=O)c2ccc3c(c2)OCCO3)c(-c2ccccc2)n1. The average Bonchev–Trinajstić information content (AvgIpc) is 3.19. The molecule has 0 bridgehead atoms. The minimum absolute atomic E-state index is 0.134. The van der Waals surface area contributed by atoms with Crippen LogP contribution in [0.3, 0.4) is 0 Å². The summed E-state index contributed by atoms with van der Waals surface area (Å²) in [6, 6.07) is 17.1. The summed E-state index contributed by atoms with van der Waals surface area (Å²) in [4.78, 5) is 12.7. The molecule has 0 saturated carbocycles. The molecular formula is C23H19N3O3. The molecule has 6 nitrogen and oxygen atoms in total. The molecule has 0 radical (unpaired) electrons. The lowest BCUT2D eigenvalue weighted by Crippen LogP contribution is -2.15. The molecule has 3 aromatic rings. The smallest absolute Gasteiger partial charge is 0.185 e. The van der Waals surface area contributed by atoms with Gasteiger partial charge in [0.15, 0.2) is 17.3 Å². The van der Waals surface area contributed by atoms with Crippen LogP contribution in [0, 0.1) is 11.3 Å². The first-order chi connectivity index (χ1) is 14.2. The first-order valence-corrected chi connectivity index (χ1v) is 9.36. The third-order valence-corrected chi connectivity index (χ3v) is 4.53. The lowest BCUT2D eigenvalue weighted by Gasteiger charge is -2.18. The molecular weight excluding hydrogens is 366 g/mol. The zero-order valence-corrected chi connectivity index (χ0v) is 15.7. The molecule has 2 aromatic carbocycles. The molecule has 0 unspecified atom stereocenters. The van der Waals surface area contributed by atoms with E-state index in [2.05, 4.69) is 11.2 Å². The van der Waals surface area contributed by atoms with Crippen molar-refractivity contribution in [3.8, 4) is 28.8 Å². The molecule has 6 heteroatoms. The number of nitriles is 1. The number of ether oxygens (including phenoxy) is 2. The van der Waals surface area contributed by atoms with Crippen molar-refractivity contribution in [3.05, 3.63) is 71.9 Å². The number of hydrogen-bond donors (Lipinski definition) is 0. The van der Waals surface area contributed by atoms with Gasteiger partial charge in [0.2, 0.25) is 0 Å². The van der Waals surface area contributed by atoms with Gasteiger partial charge in [0, 0.05) is 22.9 Å². The molecule has 1 aromatic heterocycles. The quantitative estimate of drug-likeness (QED) is 0.471. The normalized spacial score (nSPS) is 12.7. The van der Waals surface area contributed by atoms with Gasteiger partial charge in [0.25, 0.3) is 0 Å². The van der Waals surface area contributed by atoms with Gasteiger partial charge in [0.1, 0.15) is 13.2 Å². The standard InChI is InChI=1S/C23H19N3O3/c24-11-4-12-26-16-19(23(25-26)17-5-2-1-3-6-17)7-9-20(27)18-8-10-21-22(15-18)29-14-13-28-21/h1-3,5-10,15-16H,4,12-14H2/b9-7+. The van der Waals surface area contributed by atoms with Crippen molar-refractivity contribution in [1.82, 2.24) is 9.78 Å². The van der Waals surface area contributed by atoms with Crippen molar-refractivity contribution in [2.75, 3.05) is 13.2 Å². The van der Waals surface area contributed by atoms with E-state index in [9.17, 15) is 4.79 Å². The Bertz CT molecular complexity index is 1090. The Hall–Kier alpha value is -3.85. The van der Waals surface area contributed by atoms with Crippen molar-refractivity contribution in [2.24, 2.45) is 0 Å². The summed E-state index contributed by atoms with van der Waals surface area (Å²) < 4.78 is 12.8. The van der Waals surface area contributed by atoms with E-state index in [0.717, 1.165) is 16.8 Å². The highest BCUT2D eigenvalue weighted by Crippen LogP contribution is 2.31. The van der Waals surface area contributed by atoms with E-state index >= 15 is 0 Å². The molecule has 0 spiro atoms. The van der Waals surface area contributed by atoms with Crippen molar-refractivity contribution in [1.29, 1.82) is 5.26 Å². The molecule has 144 valence electrons. The largest absolute Gasteiger partial charge is 0.486 e. The van der Waals surface area contributed by atoms with E-state index in [1.807, 2.05) is 36.5 Å². The Kier molecular flexibility index (Phi) is 5.39. The highest BCUT2D eigenvalue weighted by molar-refractivity contribution is 6.07. The number of nitrogens with zero attached hydrogens (tertiary/aromatic N) is 3. The minimum Gasteiger partial charge on any atom is -0.486 e. The number of rotatable bonds is 6. The van der Waals surface area contributed by atoms with Gasteiger partial charge in [0.05, 0.1) is 24.7 Å². The second-order valence-electron chi connectivity index (χ2n) is 6.53. The lowest BCUT2D eigenvalue weighted by atomic mass is 10.1. The second kappa shape index (κ2) is 8.44. The van der Waals surface area contributed by atoms with Crippen LogP contribution >= 0.6 is 0 Å². The summed E-state index contributed by atoms with van der Waals surface area (Å²) in [7, 11) is 0. The molecule has 0 amide bonds. The topological polar surface area (TPSA) is 77.1 Å². The molecule has 0 N–H and O–H groups in total. The zero-order chi connectivity index (χ0) is 20.1. The van der Waals surface area contributed by atoms with Crippen LogP contribution in [-0.4, -0.2) is 28.8 Å². The molecule has 0 aliphatic carbocycles. The van der Waals surface area contributed by atoms with Crippen LogP contribution in [0.5, 0.6) is 11.5 Å². The van der Waals surface area contributed by atoms with Crippen molar-refractivity contribution < 1.29 is 14.3 Å². The molecule has 0 fully saturated rings. The summed E-state index contributed by atoms with van der Waals surface area (Å²) in [5, 5.41) is 13.4. The molecule has 1 aliphatic heterocycles. The molecule has 4 rings (SSSR count). The van der Waals surface area contributed by atoms with Gasteiger partial charge in [-0.05, 0) is 30.4 Å². The van der Waals surface area contributed by atoms with Crippen LogP contribution in [0.25, 0.3) is 17.3 Å². The van der Waals surface area contributed by atoms with Crippen LogP contribution < -0.4 is 9.47 Å². The van der Waals surface area contributed by atoms with E-state index < -0.39 is 0 Å². The number of fused-ring (bicyclic) bond motifs is 1. The van der Waals surface area contributed by atoms with Gasteiger partial charge in [-0.3, -0.25) is 9.48 Å². The van der Waals surface area contributed by atoms with E-state index in [1.165, 1.54) is 6.08 Å². The number of carbonyl (C=O) groups is 1. The Morgan fingerprint density at radius 3 is 2.72 bits per heavy atom. The second-order valence-corrected chi connectivity index (χ2v) is 6.53. The Morgan fingerprint density at radius 2 is 1.93 bits per heavy atom. The number of ketones is 1. The molecule has 0 saturated heterocycles. The van der Waals surface area contributed by atoms with Crippen molar-refractivity contribution >= 4 is 11.9 Å². The highest BCUT2D eigenvalue weighted by Gasteiger charge is 2.14. The zero-order valence-electron chi connectivity index (χ0n) is 15.7. The molecule has 2 heterocycles. The van der Waals surface area contributed by atoms with Crippen molar-refractivity contribution in [3.63, 3.8) is 0 Å². The number of benzene rings is 2. The fourth-order valence-electron chi connectivity index (χ4n) is 3.12. The van der Waals surface area contributed by atoms with Crippen LogP contribution in [0.4, 0.5) is 0 Å². The van der Waals surface area contributed by atoms with Gasteiger partial charge >= 0.3 is 0 Å². The van der Waals surface area contributed by atoms with Crippen LogP contribution in [0.15, 0.2) is 60.8 Å². The third kappa shape index (κ3) is 4.19. The number of aromatic nitrogens is 2. The van der Waals surface area contributed by atoms with Crippen LogP contribution in [0.2, 0.25) is 0 Å². The van der Waals surface area contributed by atoms with E-state index in [-0.39, 0.29) is 5.78 Å². The predicted octanol–water partition coefficient (Wildman–Crippen LogP) is 4.13. The van der Waals surface area contributed by atoms with E-state index in [0.29, 0.717) is 43.2 Å². The summed E-state index contributed by atoms with van der Waals surface area (Å²) in [5.74, 6) is 1.11. The fourth-order valence-corrected chi connectivity index (χ4v) is 3.12. The van der Waals surface area contributed by atoms with Gasteiger partial charge in [-0.1, -0.05) is 30.3 Å². The van der Waals surface area contributed by atoms with Crippen molar-refractivity contribution in [2.45, 2.75) is 13.0 Å². The fraction of sp³-hybridized carbons (Fsp3) is 0.174. The van der Waals surface area contributed by atoms with E-state index in [1.54, 1.807) is 29.0 Å². The first kappa shape index (κ1) is 18.5. The maximum Gasteiger partial charge on any atom is 0.185 e. The molecule has 29 heavy (non-hydrogen) atoms. The lowest BCUT2D eigenvalue weighted by molar-refractivity contribution is 0.104. The number of aryl methyl sites for hydroxylation is 1. The van der Waals surface area contributed by atoms with Gasteiger partial charge in [-0.15, -0.1) is 0 Å².